The number of pyridine rings is 6. The number of hydrogen-bond donors (Lipinski definition) is 2. The van der Waals surface area contributed by atoms with Crippen molar-refractivity contribution in [1.29, 1.82) is 0 Å². The first-order chi connectivity index (χ1) is 44.8. The van der Waals surface area contributed by atoms with E-state index < -0.39 is 4.33 Å². The molecule has 12 heterocycles. The summed E-state index contributed by atoms with van der Waals surface area (Å²) < 4.78 is 15.1. The number of oxazole rings is 2. The number of hydrogen-bond acceptors (Lipinski definition) is 18. The number of aryl methyl sites for hydroxylation is 13. The van der Waals surface area contributed by atoms with Gasteiger partial charge in [-0.15, -0.1) is 33.4 Å². The number of halogens is 10. The number of nitrogens with one attached hydrogen (secondary N) is 2. The SMILES string of the molecule is CC1(C)CC1(Cl)Cl.Cc1[nH]nc[n+]1C.Cc1ccc(Cl)nc1.Cc1ccc(Cl)nn1.Cc1cccnc1Cl.Cc1ccnc(Cl)c1.Cc1ccncc1Cl.Cc1cncc(Cl)c1.Cc1cnccc1Cl.Cc1coc(Cl)n1.Cc1cocn1.Cc1ncn[nH]1.Cc1ncon1. The molecule has 95 heavy (non-hydrogen) atoms. The lowest BCUT2D eigenvalue weighted by molar-refractivity contribution is -0.677. The quantitative estimate of drug-likeness (QED) is 0.0811. The molecule has 1 fully saturated rings. The van der Waals surface area contributed by atoms with Crippen molar-refractivity contribution < 1.29 is 17.9 Å². The minimum atomic E-state index is -0.410. The van der Waals surface area contributed by atoms with Crippen LogP contribution in [0.4, 0.5) is 0 Å². The van der Waals surface area contributed by atoms with Crippen molar-refractivity contribution in [3.8, 4) is 0 Å². The molecule has 12 aromatic rings. The lowest BCUT2D eigenvalue weighted by Crippen LogP contribution is -2.27. The molecule has 1 aliphatic rings. The van der Waals surface area contributed by atoms with E-state index in [1.54, 1.807) is 93.5 Å². The highest BCUT2D eigenvalue weighted by Crippen LogP contribution is 2.63. The zero-order valence-corrected chi connectivity index (χ0v) is 62.4. The van der Waals surface area contributed by atoms with Crippen molar-refractivity contribution >= 4 is 116 Å². The van der Waals surface area contributed by atoms with E-state index in [4.69, 9.17) is 116 Å². The largest absolute Gasteiger partial charge is 0.452 e. The van der Waals surface area contributed by atoms with Crippen LogP contribution in [0.15, 0.2) is 174 Å². The summed E-state index contributed by atoms with van der Waals surface area (Å²) in [5.41, 5.74) is 9.28. The highest BCUT2D eigenvalue weighted by Gasteiger charge is 2.59. The van der Waals surface area contributed by atoms with Gasteiger partial charge in [0.25, 0.3) is 11.7 Å². The molecule has 0 aromatic carbocycles. The van der Waals surface area contributed by atoms with Gasteiger partial charge in [-0.1, -0.05) is 112 Å². The molecule has 0 saturated heterocycles. The first-order valence-electron chi connectivity index (χ1n) is 27.9. The van der Waals surface area contributed by atoms with Crippen LogP contribution in [-0.4, -0.2) is 89.9 Å². The third-order valence-corrected chi connectivity index (χ3v) is 14.4. The number of nitrogens with zero attached hydrogens (tertiary/aromatic N) is 16. The lowest BCUT2D eigenvalue weighted by atomic mass is 10.2. The highest BCUT2D eigenvalue weighted by molar-refractivity contribution is 6.51. The normalized spacial score (nSPS) is 10.9. The molecule has 0 spiro atoms. The van der Waals surface area contributed by atoms with Gasteiger partial charge in [-0.2, -0.15) is 15.2 Å². The molecule has 0 unspecified atom stereocenters. The fraction of sp³-hybridized carbons (Fsp3) is 0.281. The van der Waals surface area contributed by atoms with Crippen LogP contribution in [0.25, 0.3) is 0 Å². The number of rotatable bonds is 0. The van der Waals surface area contributed by atoms with Crippen molar-refractivity contribution in [1.82, 2.24) is 85.6 Å². The Bertz CT molecular complexity index is 3430. The summed E-state index contributed by atoms with van der Waals surface area (Å²) in [4.78, 5) is 37.9. The molecular formula is C64H75Cl10N18O3+. The summed E-state index contributed by atoms with van der Waals surface area (Å²) in [5, 5.41) is 28.0. The monoisotopic (exact) mass is 1490 g/mol. The maximum atomic E-state index is 5.70. The summed E-state index contributed by atoms with van der Waals surface area (Å²) in [6.45, 7) is 27.0. The highest BCUT2D eigenvalue weighted by atomic mass is 35.5. The molecule has 12 aromatic heterocycles. The van der Waals surface area contributed by atoms with E-state index in [0.29, 0.717) is 31.5 Å². The molecule has 0 radical (unpaired) electrons. The molecule has 1 aliphatic carbocycles. The van der Waals surface area contributed by atoms with E-state index in [2.05, 4.69) is 113 Å². The second-order valence-corrected chi connectivity index (χ2v) is 24.7. The van der Waals surface area contributed by atoms with Gasteiger partial charge in [0.2, 0.25) is 12.2 Å². The van der Waals surface area contributed by atoms with Crippen LogP contribution in [0.5, 0.6) is 0 Å². The van der Waals surface area contributed by atoms with Gasteiger partial charge in [-0.25, -0.2) is 34.5 Å². The topological polar surface area (TPSA) is 268 Å². The Morgan fingerprint density at radius 3 is 1.47 bits per heavy atom. The predicted octanol–water partition coefficient (Wildman–Crippen LogP) is 18.9. The zero-order valence-electron chi connectivity index (χ0n) is 54.9. The molecule has 1 saturated carbocycles. The Labute approximate surface area is 604 Å². The Morgan fingerprint density at radius 2 is 1.20 bits per heavy atom. The van der Waals surface area contributed by atoms with Crippen molar-refractivity contribution in [3.63, 3.8) is 0 Å². The third-order valence-electron chi connectivity index (χ3n) is 10.9. The zero-order chi connectivity index (χ0) is 71.4. The maximum absolute atomic E-state index is 5.70. The van der Waals surface area contributed by atoms with Gasteiger partial charge in [0, 0.05) is 78.2 Å². The Hall–Kier alpha value is -7.28. The van der Waals surface area contributed by atoms with E-state index in [9.17, 15) is 0 Å². The van der Waals surface area contributed by atoms with E-state index >= 15 is 0 Å². The van der Waals surface area contributed by atoms with Crippen molar-refractivity contribution in [2.24, 2.45) is 12.5 Å². The van der Waals surface area contributed by atoms with Crippen LogP contribution >= 0.6 is 116 Å². The minimum absolute atomic E-state index is 0.177. The molecular weight excluding hydrogens is 1420 g/mol. The van der Waals surface area contributed by atoms with Crippen LogP contribution in [0.2, 0.25) is 41.0 Å². The second-order valence-electron chi connectivity index (χ2n) is 20.1. The minimum Gasteiger partial charge on any atom is -0.452 e. The van der Waals surface area contributed by atoms with Crippen LogP contribution in [0.1, 0.15) is 88.2 Å². The molecule has 31 heteroatoms. The summed E-state index contributed by atoms with van der Waals surface area (Å²) >= 11 is 55.6. The van der Waals surface area contributed by atoms with Gasteiger partial charge in [-0.05, 0) is 182 Å². The molecule has 0 aliphatic heterocycles. The van der Waals surface area contributed by atoms with Crippen molar-refractivity contribution in [2.75, 3.05) is 0 Å². The fourth-order valence-electron chi connectivity index (χ4n) is 5.19. The summed E-state index contributed by atoms with van der Waals surface area (Å²) in [7, 11) is 1.94. The number of H-pyrrole nitrogens is 2. The van der Waals surface area contributed by atoms with Crippen LogP contribution < -0.4 is 4.57 Å². The first kappa shape index (κ1) is 85.7. The molecule has 508 valence electrons. The van der Waals surface area contributed by atoms with Crippen LogP contribution in [0, 0.1) is 88.5 Å². The summed E-state index contributed by atoms with van der Waals surface area (Å²) in [5.74, 6) is 2.60. The average Bonchev–Trinajstić information content (AvgIpc) is 1.60. The summed E-state index contributed by atoms with van der Waals surface area (Å²) in [6.07, 6.45) is 25.2. The van der Waals surface area contributed by atoms with Crippen LogP contribution in [0.3, 0.4) is 0 Å². The Kier molecular flexibility index (Phi) is 43.7. The molecule has 0 atom stereocenters. The predicted molar refractivity (Wildman–Crippen MR) is 381 cm³/mol. The molecule has 2 N–H and O–H groups in total. The van der Waals surface area contributed by atoms with E-state index in [0.717, 1.165) is 78.6 Å². The standard InChI is InChI=1S/6C6H6ClN.C5H8Cl2.C5H5ClN2.C4H4ClNO.C4H7N3.C4H5NO.C3H5N3.C3H4N2O/c1-5-2-6(7)4-8-3-5;1-5-4-8-3-2-6(5)7;1-5-2-3-8-4-6(5)7;1-5-2-3-8-6(7)4-5;1-5-2-3-6(7)8-4-5;1-5-3-2-4-8-6(5)7;1-4(2)3-5(4,6)7;1-4-2-3-5(6)8-7-4;1-3-2-7-4(5)6-3;1-4-6-5-3-7(4)2;1-4-2-6-3-5-4;1-3-4-2-5-6-3;1-3-4-2-6-5-3/h6*2-4H,1H3;3H2,1-2H3;2-3H,1H3;2H,1H3;3H,1-2H3;2-3H,1H3;2H,1H3,(H,4,5,6);2H,1H3/p+1. The second kappa shape index (κ2) is 48.4. The molecule has 13 rings (SSSR count). The first-order valence-corrected chi connectivity index (χ1v) is 31.7. The van der Waals surface area contributed by atoms with E-state index in [1.807, 2.05) is 136 Å². The average molecular weight is 1500 g/mol. The Balaban J connectivity index is 0.000000515. The van der Waals surface area contributed by atoms with Crippen LogP contribution in [-0.2, 0) is 7.05 Å². The molecule has 0 bridgehead atoms. The number of alkyl halides is 2. The number of aromatic amines is 2. The Morgan fingerprint density at radius 1 is 0.516 bits per heavy atom. The van der Waals surface area contributed by atoms with Crippen molar-refractivity contribution in [3.05, 3.63) is 269 Å². The van der Waals surface area contributed by atoms with Gasteiger partial charge in [0.05, 0.1) is 34.2 Å². The molecule has 0 amide bonds. The van der Waals surface area contributed by atoms with Crippen molar-refractivity contribution in [2.45, 2.75) is 108 Å². The lowest BCUT2D eigenvalue weighted by Gasteiger charge is -1.99. The third kappa shape index (κ3) is 44.2. The van der Waals surface area contributed by atoms with Gasteiger partial charge < -0.3 is 13.4 Å². The van der Waals surface area contributed by atoms with Gasteiger partial charge in [0.15, 0.2) is 17.4 Å². The maximum Gasteiger partial charge on any atom is 0.292 e. The van der Waals surface area contributed by atoms with Gasteiger partial charge >= 0.3 is 0 Å². The number of aromatic nitrogens is 18. The summed E-state index contributed by atoms with van der Waals surface area (Å²) in [6, 6.07) is 20.3. The smallest absolute Gasteiger partial charge is 0.292 e. The molecule has 21 nitrogen and oxygen atoms in total. The fourth-order valence-corrected chi connectivity index (χ4v) is 7.05. The van der Waals surface area contributed by atoms with E-state index in [-0.39, 0.29) is 10.8 Å². The van der Waals surface area contributed by atoms with E-state index in [1.165, 1.54) is 25.4 Å². The van der Waals surface area contributed by atoms with Gasteiger partial charge in [-0.3, -0.25) is 20.1 Å². The van der Waals surface area contributed by atoms with Gasteiger partial charge in [0.1, 0.15) is 44.5 Å².